The third-order valence-corrected chi connectivity index (χ3v) is 9.96. The number of carbonyl (C=O) groups excluding carboxylic acids is 3. The summed E-state index contributed by atoms with van der Waals surface area (Å²) in [6.07, 6.45) is 6.86. The summed E-state index contributed by atoms with van der Waals surface area (Å²) in [7, 11) is 2.79. The molecule has 0 spiro atoms. The van der Waals surface area contributed by atoms with Crippen LogP contribution in [0.1, 0.15) is 60.5 Å². The molecule has 6 rings (SSSR count). The van der Waals surface area contributed by atoms with Gasteiger partial charge >= 0.3 is 11.9 Å². The molecule has 0 aliphatic heterocycles. The largest absolute Gasteiger partial charge is 0.496 e. The van der Waals surface area contributed by atoms with Crippen molar-refractivity contribution < 1.29 is 33.3 Å². The molecule has 0 heterocycles. The van der Waals surface area contributed by atoms with Gasteiger partial charge in [-0.25, -0.2) is 0 Å². The molecule has 3 aliphatic carbocycles. The Labute approximate surface area is 268 Å². The van der Waals surface area contributed by atoms with E-state index in [-0.39, 0.29) is 59.1 Å². The Hall–Kier alpha value is -4.84. The van der Waals surface area contributed by atoms with Gasteiger partial charge in [0.05, 0.1) is 42.8 Å². The molecular formula is C37H38N2O7. The van der Waals surface area contributed by atoms with Crippen LogP contribution in [0, 0.1) is 34.5 Å². The predicted molar refractivity (Wildman–Crippen MR) is 170 cm³/mol. The van der Waals surface area contributed by atoms with Gasteiger partial charge in [0.15, 0.2) is 0 Å². The fourth-order valence-electron chi connectivity index (χ4n) is 7.26. The monoisotopic (exact) mass is 622 g/mol. The van der Waals surface area contributed by atoms with E-state index in [1.165, 1.54) is 26.4 Å². The van der Waals surface area contributed by atoms with Crippen LogP contribution in [0.3, 0.4) is 0 Å². The number of hydrogen-bond acceptors (Lipinski definition) is 8. The molecule has 3 aromatic rings. The normalized spacial score (nSPS) is 26.3. The zero-order valence-electron chi connectivity index (χ0n) is 26.3. The number of ether oxygens (including phenoxy) is 4. The van der Waals surface area contributed by atoms with Crippen LogP contribution in [0.4, 0.5) is 0 Å². The van der Waals surface area contributed by atoms with Gasteiger partial charge in [-0.2, -0.15) is 5.26 Å². The maximum atomic E-state index is 13.6. The van der Waals surface area contributed by atoms with Crippen LogP contribution >= 0.6 is 0 Å². The highest BCUT2D eigenvalue weighted by Crippen LogP contribution is 2.45. The van der Waals surface area contributed by atoms with Crippen molar-refractivity contribution in [3.05, 3.63) is 83.4 Å². The first-order valence-corrected chi connectivity index (χ1v) is 15.7. The second-order valence-corrected chi connectivity index (χ2v) is 12.7. The molecule has 2 saturated carbocycles. The van der Waals surface area contributed by atoms with Gasteiger partial charge in [0.25, 0.3) is 5.91 Å². The fraction of sp³-hybridized carbons (Fsp3) is 0.405. The van der Waals surface area contributed by atoms with Crippen LogP contribution in [0.2, 0.25) is 0 Å². The molecular weight excluding hydrogens is 584 g/mol. The number of nitrogens with zero attached hydrogens (tertiary/aromatic N) is 1. The van der Waals surface area contributed by atoms with Gasteiger partial charge in [0.1, 0.15) is 24.2 Å². The van der Waals surface area contributed by atoms with Gasteiger partial charge in [0.2, 0.25) is 0 Å². The molecule has 1 amide bonds. The Balaban J connectivity index is 1.11. The Morgan fingerprint density at radius 1 is 0.978 bits per heavy atom. The van der Waals surface area contributed by atoms with E-state index in [1.54, 1.807) is 0 Å². The van der Waals surface area contributed by atoms with Crippen LogP contribution in [0.25, 0.3) is 10.8 Å². The minimum Gasteiger partial charge on any atom is -0.496 e. The fourth-order valence-corrected chi connectivity index (χ4v) is 7.26. The Kier molecular flexibility index (Phi) is 8.72. The summed E-state index contributed by atoms with van der Waals surface area (Å²) in [5, 5.41) is 15.1. The number of amides is 1. The van der Waals surface area contributed by atoms with Crippen LogP contribution in [0.15, 0.2) is 66.7 Å². The summed E-state index contributed by atoms with van der Waals surface area (Å²) in [5.41, 5.74) is 0.767. The zero-order valence-corrected chi connectivity index (χ0v) is 26.3. The lowest BCUT2D eigenvalue weighted by Gasteiger charge is -2.35. The second kappa shape index (κ2) is 12.9. The third-order valence-electron chi connectivity index (χ3n) is 9.96. The molecule has 46 heavy (non-hydrogen) atoms. The van der Waals surface area contributed by atoms with E-state index in [9.17, 15) is 19.6 Å². The summed E-state index contributed by atoms with van der Waals surface area (Å²) in [5.74, 6) is -0.890. The summed E-state index contributed by atoms with van der Waals surface area (Å²) in [4.78, 5) is 39.4. The summed E-state index contributed by atoms with van der Waals surface area (Å²) >= 11 is 0. The average molecular weight is 623 g/mol. The maximum Gasteiger partial charge on any atom is 0.312 e. The quantitative estimate of drug-likeness (QED) is 0.232. The topological polar surface area (TPSA) is 124 Å². The SMILES string of the molecule is COC(=O)[C@@H]1[C@H](NC(=O)c2cc(O[C@H]3CC[C@@](C)(C(=O)OCc4cccc5ccccc45)CC3)c(C#N)cc2OC)[C@@H]2C=C[C@H]1C2. The van der Waals surface area contributed by atoms with Crippen molar-refractivity contribution in [3.8, 4) is 17.6 Å². The second-order valence-electron chi connectivity index (χ2n) is 12.7. The summed E-state index contributed by atoms with van der Waals surface area (Å²) < 4.78 is 22.7. The Morgan fingerprint density at radius 3 is 2.46 bits per heavy atom. The Morgan fingerprint density at radius 2 is 1.72 bits per heavy atom. The average Bonchev–Trinajstić information content (AvgIpc) is 3.70. The number of fused-ring (bicyclic) bond motifs is 3. The van der Waals surface area contributed by atoms with Gasteiger partial charge < -0.3 is 24.3 Å². The van der Waals surface area contributed by atoms with E-state index in [0.717, 1.165) is 22.8 Å². The lowest BCUT2D eigenvalue weighted by molar-refractivity contribution is -0.159. The highest BCUT2D eigenvalue weighted by Gasteiger charge is 2.49. The maximum absolute atomic E-state index is 13.6. The number of nitriles is 1. The number of hydrogen-bond donors (Lipinski definition) is 1. The highest BCUT2D eigenvalue weighted by atomic mass is 16.5. The van der Waals surface area contributed by atoms with Crippen molar-refractivity contribution in [2.75, 3.05) is 14.2 Å². The minimum absolute atomic E-state index is 0.0250. The molecule has 0 radical (unpaired) electrons. The van der Waals surface area contributed by atoms with Crippen molar-refractivity contribution >= 4 is 28.6 Å². The lowest BCUT2D eigenvalue weighted by Crippen LogP contribution is -2.46. The lowest BCUT2D eigenvalue weighted by atomic mass is 9.74. The van der Waals surface area contributed by atoms with Crippen molar-refractivity contribution in [1.29, 1.82) is 5.26 Å². The number of rotatable bonds is 9. The van der Waals surface area contributed by atoms with E-state index in [0.29, 0.717) is 25.7 Å². The molecule has 9 heteroatoms. The van der Waals surface area contributed by atoms with Crippen molar-refractivity contribution in [2.45, 2.75) is 57.8 Å². The molecule has 1 N–H and O–H groups in total. The molecule has 9 nitrogen and oxygen atoms in total. The number of nitrogens with one attached hydrogen (secondary N) is 1. The van der Waals surface area contributed by atoms with Gasteiger partial charge in [0, 0.05) is 12.1 Å². The zero-order chi connectivity index (χ0) is 32.4. The van der Waals surface area contributed by atoms with Crippen LogP contribution < -0.4 is 14.8 Å². The van der Waals surface area contributed by atoms with Crippen molar-refractivity contribution in [2.24, 2.45) is 23.2 Å². The summed E-state index contributed by atoms with van der Waals surface area (Å²) in [6.45, 7) is 2.13. The number of carbonyl (C=O) groups is 3. The van der Waals surface area contributed by atoms with Gasteiger partial charge in [-0.3, -0.25) is 14.4 Å². The molecule has 3 aromatic carbocycles. The third kappa shape index (κ3) is 5.92. The molecule has 0 aromatic heterocycles. The molecule has 238 valence electrons. The molecule has 0 unspecified atom stereocenters. The highest BCUT2D eigenvalue weighted by molar-refractivity contribution is 5.98. The smallest absolute Gasteiger partial charge is 0.312 e. The molecule has 0 saturated heterocycles. The van der Waals surface area contributed by atoms with Crippen LogP contribution in [0.5, 0.6) is 11.5 Å². The van der Waals surface area contributed by atoms with Gasteiger partial charge in [-0.1, -0.05) is 54.6 Å². The van der Waals surface area contributed by atoms with E-state index in [2.05, 4.69) is 11.4 Å². The Bertz CT molecular complexity index is 1730. The van der Waals surface area contributed by atoms with E-state index < -0.39 is 23.3 Å². The van der Waals surface area contributed by atoms with E-state index in [1.807, 2.05) is 61.5 Å². The minimum atomic E-state index is -0.654. The van der Waals surface area contributed by atoms with E-state index in [4.69, 9.17) is 18.9 Å². The number of allylic oxidation sites excluding steroid dienone is 1. The van der Waals surface area contributed by atoms with Gasteiger partial charge in [-0.05, 0) is 73.3 Å². The molecule has 3 aliphatic rings. The molecule has 2 bridgehead atoms. The first-order chi connectivity index (χ1) is 22.2. The first-order valence-electron chi connectivity index (χ1n) is 15.7. The number of esters is 2. The molecule has 2 fully saturated rings. The van der Waals surface area contributed by atoms with Crippen LogP contribution in [-0.4, -0.2) is 44.2 Å². The van der Waals surface area contributed by atoms with Gasteiger partial charge in [-0.15, -0.1) is 0 Å². The first kappa shape index (κ1) is 31.2. The summed E-state index contributed by atoms with van der Waals surface area (Å²) in [6, 6.07) is 18.8. The molecule has 4 atom stereocenters. The standard InChI is InChI=1S/C37H38N2O7/c1-37(36(42)45-21-25-9-6-8-22-7-4-5-10-28(22)25)15-13-27(14-16-37)46-30-19-29(31(43-2)18-26(30)20-38)34(40)39-33-24-12-11-23(17-24)32(33)35(41)44-3/h4-12,18-19,23-24,27,32-33H,13-17,21H2,1-3H3,(H,39,40)/t23-,24+,27-,32-,33+,37+/m0/s1. The predicted octanol–water partition coefficient (Wildman–Crippen LogP) is 5.88. The number of benzene rings is 3. The van der Waals surface area contributed by atoms with E-state index >= 15 is 0 Å². The van der Waals surface area contributed by atoms with Crippen molar-refractivity contribution in [3.63, 3.8) is 0 Å². The van der Waals surface area contributed by atoms with Crippen LogP contribution in [-0.2, 0) is 25.7 Å². The van der Waals surface area contributed by atoms with Crippen molar-refractivity contribution in [1.82, 2.24) is 5.32 Å². The number of methoxy groups -OCH3 is 2.